The summed E-state index contributed by atoms with van der Waals surface area (Å²) in [6.07, 6.45) is 0. The summed E-state index contributed by atoms with van der Waals surface area (Å²) in [5.41, 5.74) is 3.57. The molecular formula is C14H11BrCl2. The molecule has 0 N–H and O–H groups in total. The Bertz CT molecular complexity index is 520. The maximum absolute atomic E-state index is 5.96. The van der Waals surface area contributed by atoms with Crippen LogP contribution in [0.3, 0.4) is 0 Å². The number of hydrogen-bond donors (Lipinski definition) is 0. The molecule has 0 amide bonds. The van der Waals surface area contributed by atoms with Gasteiger partial charge in [-0.05, 0) is 47.9 Å². The molecule has 0 heterocycles. The molecule has 0 radical (unpaired) electrons. The molecule has 0 spiro atoms. The van der Waals surface area contributed by atoms with Crippen LogP contribution in [-0.2, 0) is 0 Å². The lowest BCUT2D eigenvalue weighted by Gasteiger charge is -2.14. The Morgan fingerprint density at radius 3 is 2.12 bits per heavy atom. The molecule has 1 unspecified atom stereocenters. The summed E-state index contributed by atoms with van der Waals surface area (Å²) in [7, 11) is 0. The van der Waals surface area contributed by atoms with Gasteiger partial charge in [-0.25, -0.2) is 0 Å². The van der Waals surface area contributed by atoms with E-state index in [0.717, 1.165) is 10.0 Å². The van der Waals surface area contributed by atoms with Crippen LogP contribution in [0, 0.1) is 6.92 Å². The predicted octanol–water partition coefficient (Wildman–Crippen LogP) is 5.79. The van der Waals surface area contributed by atoms with Crippen molar-refractivity contribution in [2.24, 2.45) is 0 Å². The molecule has 0 aliphatic rings. The van der Waals surface area contributed by atoms with Crippen LogP contribution in [0.5, 0.6) is 0 Å². The van der Waals surface area contributed by atoms with Crippen molar-refractivity contribution < 1.29 is 0 Å². The standard InChI is InChI=1S/C14H11BrCl2/c1-9-8-12(17)6-7-13(9)14(15)10-2-4-11(16)5-3-10/h2-8,14H,1H3. The first kappa shape index (κ1) is 12.9. The first-order chi connectivity index (χ1) is 8.08. The number of rotatable bonds is 2. The van der Waals surface area contributed by atoms with Crippen LogP contribution in [0.1, 0.15) is 21.5 Å². The van der Waals surface area contributed by atoms with Crippen LogP contribution in [0.4, 0.5) is 0 Å². The highest BCUT2D eigenvalue weighted by Crippen LogP contribution is 2.34. The van der Waals surface area contributed by atoms with Gasteiger partial charge in [-0.2, -0.15) is 0 Å². The summed E-state index contributed by atoms with van der Waals surface area (Å²) in [6, 6.07) is 13.8. The molecule has 0 nitrogen and oxygen atoms in total. The van der Waals surface area contributed by atoms with Gasteiger partial charge in [-0.15, -0.1) is 0 Å². The fourth-order valence-electron chi connectivity index (χ4n) is 1.73. The molecule has 0 bridgehead atoms. The molecule has 88 valence electrons. The second-order valence-electron chi connectivity index (χ2n) is 3.92. The molecule has 0 fully saturated rings. The van der Waals surface area contributed by atoms with Crippen molar-refractivity contribution in [3.63, 3.8) is 0 Å². The molecule has 0 saturated heterocycles. The SMILES string of the molecule is Cc1cc(Cl)ccc1C(Br)c1ccc(Cl)cc1. The molecule has 0 aromatic heterocycles. The van der Waals surface area contributed by atoms with Crippen molar-refractivity contribution in [1.82, 2.24) is 0 Å². The number of benzene rings is 2. The predicted molar refractivity (Wildman–Crippen MR) is 78.4 cm³/mol. The molecule has 0 aliphatic heterocycles. The van der Waals surface area contributed by atoms with Crippen molar-refractivity contribution in [3.05, 3.63) is 69.2 Å². The summed E-state index contributed by atoms with van der Waals surface area (Å²) in [4.78, 5) is 0.164. The monoisotopic (exact) mass is 328 g/mol. The van der Waals surface area contributed by atoms with Gasteiger partial charge in [0.25, 0.3) is 0 Å². The van der Waals surface area contributed by atoms with Crippen molar-refractivity contribution in [3.8, 4) is 0 Å². The molecule has 2 aromatic carbocycles. The fourth-order valence-corrected chi connectivity index (χ4v) is 2.91. The second kappa shape index (κ2) is 5.43. The maximum Gasteiger partial charge on any atom is 0.0647 e. The Hall–Kier alpha value is -0.500. The van der Waals surface area contributed by atoms with Gasteiger partial charge in [-0.3, -0.25) is 0 Å². The largest absolute Gasteiger partial charge is 0.0843 e. The molecule has 2 aromatic rings. The van der Waals surface area contributed by atoms with E-state index in [2.05, 4.69) is 22.9 Å². The highest BCUT2D eigenvalue weighted by atomic mass is 79.9. The van der Waals surface area contributed by atoms with Crippen molar-refractivity contribution >= 4 is 39.1 Å². The lowest BCUT2D eigenvalue weighted by atomic mass is 10.0. The van der Waals surface area contributed by atoms with E-state index < -0.39 is 0 Å². The number of aryl methyl sites for hydroxylation is 1. The maximum atomic E-state index is 5.96. The Morgan fingerprint density at radius 1 is 0.941 bits per heavy atom. The molecule has 1 atom stereocenters. The minimum absolute atomic E-state index is 0.164. The quantitative estimate of drug-likeness (QED) is 0.612. The zero-order chi connectivity index (χ0) is 12.4. The van der Waals surface area contributed by atoms with E-state index in [1.54, 1.807) is 0 Å². The van der Waals surface area contributed by atoms with E-state index in [-0.39, 0.29) is 4.83 Å². The van der Waals surface area contributed by atoms with Crippen LogP contribution in [0.2, 0.25) is 10.0 Å². The number of hydrogen-bond acceptors (Lipinski definition) is 0. The van der Waals surface area contributed by atoms with E-state index >= 15 is 0 Å². The number of alkyl halides is 1. The molecular weight excluding hydrogens is 319 g/mol. The van der Waals surface area contributed by atoms with E-state index in [9.17, 15) is 0 Å². The van der Waals surface area contributed by atoms with Crippen molar-refractivity contribution in [2.45, 2.75) is 11.8 Å². The van der Waals surface area contributed by atoms with E-state index in [0.29, 0.717) is 0 Å². The lowest BCUT2D eigenvalue weighted by Crippen LogP contribution is -1.95. The molecule has 2 rings (SSSR count). The van der Waals surface area contributed by atoms with Gasteiger partial charge in [-0.1, -0.05) is 57.3 Å². The minimum atomic E-state index is 0.164. The third-order valence-corrected chi connectivity index (χ3v) is 4.18. The Balaban J connectivity index is 2.36. The molecule has 0 saturated carbocycles. The third-order valence-electron chi connectivity index (χ3n) is 2.67. The van der Waals surface area contributed by atoms with Crippen LogP contribution < -0.4 is 0 Å². The normalized spacial score (nSPS) is 12.5. The fraction of sp³-hybridized carbons (Fsp3) is 0.143. The summed E-state index contributed by atoms with van der Waals surface area (Å²) in [6.45, 7) is 2.06. The Kier molecular flexibility index (Phi) is 4.13. The van der Waals surface area contributed by atoms with Gasteiger partial charge in [0.05, 0.1) is 4.83 Å². The van der Waals surface area contributed by atoms with Gasteiger partial charge in [0.1, 0.15) is 0 Å². The summed E-state index contributed by atoms with van der Waals surface area (Å²) in [5, 5.41) is 1.52. The zero-order valence-electron chi connectivity index (χ0n) is 9.25. The average molecular weight is 330 g/mol. The first-order valence-corrected chi connectivity index (χ1v) is 6.90. The summed E-state index contributed by atoms with van der Waals surface area (Å²) < 4.78 is 0. The highest BCUT2D eigenvalue weighted by molar-refractivity contribution is 9.09. The molecule has 0 aliphatic carbocycles. The minimum Gasteiger partial charge on any atom is -0.0843 e. The number of halogens is 3. The van der Waals surface area contributed by atoms with Crippen molar-refractivity contribution in [2.75, 3.05) is 0 Å². The van der Waals surface area contributed by atoms with Gasteiger partial charge in [0.2, 0.25) is 0 Å². The Labute approximate surface area is 120 Å². The van der Waals surface area contributed by atoms with E-state index in [1.165, 1.54) is 16.7 Å². The van der Waals surface area contributed by atoms with Crippen LogP contribution in [-0.4, -0.2) is 0 Å². The first-order valence-electron chi connectivity index (χ1n) is 5.23. The van der Waals surface area contributed by atoms with Gasteiger partial charge in [0.15, 0.2) is 0 Å². The van der Waals surface area contributed by atoms with E-state index in [1.807, 2.05) is 42.5 Å². The lowest BCUT2D eigenvalue weighted by molar-refractivity contribution is 1.14. The third kappa shape index (κ3) is 3.04. The summed E-state index contributed by atoms with van der Waals surface area (Å²) >= 11 is 15.5. The molecule has 3 heteroatoms. The highest BCUT2D eigenvalue weighted by Gasteiger charge is 2.12. The van der Waals surface area contributed by atoms with Crippen molar-refractivity contribution in [1.29, 1.82) is 0 Å². The average Bonchev–Trinajstić information content (AvgIpc) is 2.29. The van der Waals surface area contributed by atoms with Gasteiger partial charge < -0.3 is 0 Å². The summed E-state index contributed by atoms with van der Waals surface area (Å²) in [5.74, 6) is 0. The topological polar surface area (TPSA) is 0 Å². The molecule has 17 heavy (non-hydrogen) atoms. The van der Waals surface area contributed by atoms with E-state index in [4.69, 9.17) is 23.2 Å². The zero-order valence-corrected chi connectivity index (χ0v) is 12.4. The Morgan fingerprint density at radius 2 is 1.53 bits per heavy atom. The van der Waals surface area contributed by atoms with Crippen LogP contribution in [0.25, 0.3) is 0 Å². The van der Waals surface area contributed by atoms with Gasteiger partial charge in [0, 0.05) is 10.0 Å². The van der Waals surface area contributed by atoms with Crippen LogP contribution >= 0.6 is 39.1 Å². The van der Waals surface area contributed by atoms with Gasteiger partial charge >= 0.3 is 0 Å². The second-order valence-corrected chi connectivity index (χ2v) is 5.70. The van der Waals surface area contributed by atoms with Crippen LogP contribution in [0.15, 0.2) is 42.5 Å². The smallest absolute Gasteiger partial charge is 0.0647 e.